The van der Waals surface area contributed by atoms with E-state index in [1.54, 1.807) is 0 Å². The van der Waals surface area contributed by atoms with Crippen LogP contribution in [0.4, 0.5) is 0 Å². The first-order valence-electron chi connectivity index (χ1n) is 5.45. The van der Waals surface area contributed by atoms with E-state index in [1.807, 2.05) is 0 Å². The van der Waals surface area contributed by atoms with Crippen molar-refractivity contribution in [3.8, 4) is 0 Å². The molecule has 1 aromatic heterocycles. The van der Waals surface area contributed by atoms with Crippen molar-refractivity contribution < 1.29 is 14.9 Å². The Bertz CT molecular complexity index is 547. The summed E-state index contributed by atoms with van der Waals surface area (Å²) >= 11 is 3.04. The van der Waals surface area contributed by atoms with Crippen molar-refractivity contribution in [3.05, 3.63) is 37.6 Å². The maximum absolute atomic E-state index is 11.6. The highest BCUT2D eigenvalue weighted by molar-refractivity contribution is 9.11. The fourth-order valence-corrected chi connectivity index (χ4v) is 1.81. The molecule has 8 heteroatoms. The normalized spacial score (nSPS) is 14.7. The second-order valence-corrected chi connectivity index (χ2v) is 4.34. The van der Waals surface area contributed by atoms with Crippen molar-refractivity contribution >= 4 is 22.0 Å². The number of nitrogens with one attached hydrogen (secondary N) is 1. The van der Waals surface area contributed by atoms with Gasteiger partial charge in [0.2, 0.25) is 0 Å². The minimum Gasteiger partial charge on any atom is -0.394 e. The van der Waals surface area contributed by atoms with E-state index >= 15 is 0 Å². The number of hydrogen-bond donors (Lipinski definition) is 3. The SMILES string of the molecule is COC(CO)C(O)Cn1cc(/C=C/Br)c(=O)[nH]c1=O. The molecule has 0 aromatic carbocycles. The lowest BCUT2D eigenvalue weighted by atomic mass is 10.2. The number of methoxy groups -OCH3 is 1. The van der Waals surface area contributed by atoms with Gasteiger partial charge in [0.1, 0.15) is 12.2 Å². The molecule has 0 spiro atoms. The quantitative estimate of drug-likeness (QED) is 0.636. The van der Waals surface area contributed by atoms with E-state index in [0.717, 1.165) is 4.57 Å². The van der Waals surface area contributed by atoms with Crippen LogP contribution in [0.5, 0.6) is 0 Å². The molecular formula is C11H15BrN2O5. The number of aromatic amines is 1. The second kappa shape index (κ2) is 7.39. The van der Waals surface area contributed by atoms with E-state index in [2.05, 4.69) is 20.9 Å². The molecule has 106 valence electrons. The van der Waals surface area contributed by atoms with Gasteiger partial charge in [-0.1, -0.05) is 15.9 Å². The number of aliphatic hydroxyl groups is 2. The summed E-state index contributed by atoms with van der Waals surface area (Å²) in [5, 5.41) is 18.8. The van der Waals surface area contributed by atoms with Gasteiger partial charge in [-0.05, 0) is 11.1 Å². The molecule has 0 aliphatic rings. The van der Waals surface area contributed by atoms with Crippen LogP contribution >= 0.6 is 15.9 Å². The van der Waals surface area contributed by atoms with Gasteiger partial charge in [0.05, 0.1) is 18.7 Å². The molecule has 0 saturated heterocycles. The molecule has 0 bridgehead atoms. The molecule has 2 unspecified atom stereocenters. The number of hydrogen-bond acceptors (Lipinski definition) is 5. The van der Waals surface area contributed by atoms with Gasteiger partial charge in [-0.15, -0.1) is 0 Å². The van der Waals surface area contributed by atoms with Gasteiger partial charge in [-0.25, -0.2) is 4.79 Å². The number of H-pyrrole nitrogens is 1. The van der Waals surface area contributed by atoms with Crippen LogP contribution in [0.25, 0.3) is 6.08 Å². The first-order valence-corrected chi connectivity index (χ1v) is 6.37. The van der Waals surface area contributed by atoms with Crippen molar-refractivity contribution in [1.29, 1.82) is 0 Å². The topological polar surface area (TPSA) is 105 Å². The maximum Gasteiger partial charge on any atom is 0.328 e. The lowest BCUT2D eigenvalue weighted by Crippen LogP contribution is -2.40. The van der Waals surface area contributed by atoms with Gasteiger partial charge < -0.3 is 14.9 Å². The summed E-state index contributed by atoms with van der Waals surface area (Å²) in [5.41, 5.74) is -0.887. The first-order chi connectivity index (χ1) is 9.03. The predicted molar refractivity (Wildman–Crippen MR) is 73.2 cm³/mol. The molecule has 19 heavy (non-hydrogen) atoms. The summed E-state index contributed by atoms with van der Waals surface area (Å²) in [7, 11) is 1.35. The third-order valence-electron chi connectivity index (χ3n) is 2.58. The van der Waals surface area contributed by atoms with Gasteiger partial charge in [-0.2, -0.15) is 0 Å². The van der Waals surface area contributed by atoms with Crippen LogP contribution in [0, 0.1) is 0 Å². The van der Waals surface area contributed by atoms with Crippen LogP contribution in [0.1, 0.15) is 5.56 Å². The maximum atomic E-state index is 11.6. The molecule has 3 N–H and O–H groups in total. The fraction of sp³-hybridized carbons (Fsp3) is 0.455. The fourth-order valence-electron chi connectivity index (χ4n) is 1.52. The molecule has 0 amide bonds. The highest BCUT2D eigenvalue weighted by atomic mass is 79.9. The molecule has 2 atom stereocenters. The van der Waals surface area contributed by atoms with Gasteiger partial charge in [-0.3, -0.25) is 14.3 Å². The van der Waals surface area contributed by atoms with Crippen LogP contribution in [0.2, 0.25) is 0 Å². The minimum absolute atomic E-state index is 0.0994. The highest BCUT2D eigenvalue weighted by Gasteiger charge is 2.19. The number of ether oxygens (including phenoxy) is 1. The van der Waals surface area contributed by atoms with Crippen molar-refractivity contribution in [2.45, 2.75) is 18.8 Å². The largest absolute Gasteiger partial charge is 0.394 e. The summed E-state index contributed by atoms with van der Waals surface area (Å²) in [6.45, 7) is -0.470. The van der Waals surface area contributed by atoms with Crippen molar-refractivity contribution in [2.24, 2.45) is 0 Å². The molecule has 7 nitrogen and oxygen atoms in total. The average molecular weight is 335 g/mol. The Kier molecular flexibility index (Phi) is 6.16. The molecule has 0 radical (unpaired) electrons. The summed E-state index contributed by atoms with van der Waals surface area (Å²) in [4.78, 5) is 26.7. The van der Waals surface area contributed by atoms with Crippen molar-refractivity contribution in [3.63, 3.8) is 0 Å². The summed E-state index contributed by atoms with van der Waals surface area (Å²) in [6, 6.07) is 0. The number of aromatic nitrogens is 2. The second-order valence-electron chi connectivity index (χ2n) is 3.81. The van der Waals surface area contributed by atoms with Crippen LogP contribution in [-0.4, -0.2) is 45.7 Å². The van der Waals surface area contributed by atoms with Gasteiger partial charge in [0, 0.05) is 13.3 Å². The molecule has 0 fully saturated rings. The average Bonchev–Trinajstić information content (AvgIpc) is 2.37. The van der Waals surface area contributed by atoms with E-state index in [1.165, 1.54) is 24.4 Å². The predicted octanol–water partition coefficient (Wildman–Crippen LogP) is -0.730. The van der Waals surface area contributed by atoms with Gasteiger partial charge in [0.15, 0.2) is 0 Å². The number of halogens is 1. The lowest BCUT2D eigenvalue weighted by molar-refractivity contribution is -0.0475. The standard InChI is InChI=1S/C11H15BrN2O5/c1-19-9(6-15)8(16)5-14-4-7(2-3-12)10(17)13-11(14)18/h2-4,8-9,15-16H,5-6H2,1H3,(H,13,17,18)/b3-2+. The summed E-state index contributed by atoms with van der Waals surface area (Å²) in [5.74, 6) is 0. The number of nitrogens with zero attached hydrogens (tertiary/aromatic N) is 1. The van der Waals surface area contributed by atoms with Crippen molar-refractivity contribution in [2.75, 3.05) is 13.7 Å². The molecule has 1 aromatic rings. The van der Waals surface area contributed by atoms with E-state index in [4.69, 9.17) is 9.84 Å². The Hall–Kier alpha value is -1.22. The lowest BCUT2D eigenvalue weighted by Gasteiger charge is -2.20. The Morgan fingerprint density at radius 3 is 2.79 bits per heavy atom. The Labute approximate surface area is 117 Å². The van der Waals surface area contributed by atoms with Crippen LogP contribution in [0.3, 0.4) is 0 Å². The molecular weight excluding hydrogens is 320 g/mol. The van der Waals surface area contributed by atoms with E-state index in [0.29, 0.717) is 0 Å². The van der Waals surface area contributed by atoms with Crippen molar-refractivity contribution in [1.82, 2.24) is 9.55 Å². The van der Waals surface area contributed by atoms with Crippen LogP contribution < -0.4 is 11.2 Å². The molecule has 0 aliphatic heterocycles. The smallest absolute Gasteiger partial charge is 0.328 e. The molecule has 0 aliphatic carbocycles. The van der Waals surface area contributed by atoms with E-state index in [9.17, 15) is 14.7 Å². The molecule has 1 heterocycles. The summed E-state index contributed by atoms with van der Waals surface area (Å²) in [6.07, 6.45) is 0.932. The van der Waals surface area contributed by atoms with E-state index < -0.39 is 23.5 Å². The first kappa shape index (κ1) is 15.8. The van der Waals surface area contributed by atoms with Gasteiger partial charge in [0.25, 0.3) is 5.56 Å². The van der Waals surface area contributed by atoms with E-state index in [-0.39, 0.29) is 18.7 Å². The molecule has 0 saturated carbocycles. The number of aliphatic hydroxyl groups excluding tert-OH is 2. The van der Waals surface area contributed by atoms with Gasteiger partial charge >= 0.3 is 5.69 Å². The third kappa shape index (κ3) is 4.13. The van der Waals surface area contributed by atoms with Crippen LogP contribution in [-0.2, 0) is 11.3 Å². The highest BCUT2D eigenvalue weighted by Crippen LogP contribution is 2.01. The number of rotatable bonds is 6. The Morgan fingerprint density at radius 1 is 1.58 bits per heavy atom. The van der Waals surface area contributed by atoms with Crippen LogP contribution in [0.15, 0.2) is 20.8 Å². The molecule has 1 rings (SSSR count). The summed E-state index contributed by atoms with van der Waals surface area (Å²) < 4.78 is 6.01. The Morgan fingerprint density at radius 2 is 2.26 bits per heavy atom. The Balaban J connectivity index is 3.04. The minimum atomic E-state index is -1.07. The third-order valence-corrected chi connectivity index (χ3v) is 2.84. The zero-order chi connectivity index (χ0) is 14.4. The zero-order valence-corrected chi connectivity index (χ0v) is 11.8. The zero-order valence-electron chi connectivity index (χ0n) is 10.2. The monoisotopic (exact) mass is 334 g/mol.